The number of benzene rings is 3. The molecule has 0 bridgehead atoms. The Morgan fingerprint density at radius 1 is 0.826 bits per heavy atom. The molecule has 3 heteroatoms. The Morgan fingerprint density at radius 2 is 1.61 bits per heavy atom. The van der Waals surface area contributed by atoms with Crippen molar-refractivity contribution in [2.24, 2.45) is 0 Å². The zero-order valence-corrected chi connectivity index (χ0v) is 13.6. The molecule has 0 aliphatic rings. The molecule has 112 valence electrons. The minimum atomic E-state index is 0.918. The Labute approximate surface area is 139 Å². The summed E-state index contributed by atoms with van der Waals surface area (Å²) in [6.07, 6.45) is 0. The quantitative estimate of drug-likeness (QED) is 0.526. The van der Waals surface area contributed by atoms with Gasteiger partial charge in [-0.15, -0.1) is 0 Å². The number of hydrogen-bond acceptors (Lipinski definition) is 2. The molecule has 0 amide bonds. The van der Waals surface area contributed by atoms with Crippen molar-refractivity contribution in [1.29, 1.82) is 0 Å². The fourth-order valence-electron chi connectivity index (χ4n) is 2.52. The van der Waals surface area contributed by atoms with E-state index < -0.39 is 0 Å². The highest BCUT2D eigenvalue weighted by molar-refractivity contribution is 7.99. The van der Waals surface area contributed by atoms with E-state index in [4.69, 9.17) is 4.98 Å². The van der Waals surface area contributed by atoms with Gasteiger partial charge in [0.2, 0.25) is 0 Å². The van der Waals surface area contributed by atoms with E-state index in [1.165, 1.54) is 15.4 Å². The summed E-state index contributed by atoms with van der Waals surface area (Å²) in [5.41, 5.74) is 4.44. The van der Waals surface area contributed by atoms with Gasteiger partial charge >= 0.3 is 0 Å². The van der Waals surface area contributed by atoms with Gasteiger partial charge in [-0.3, -0.25) is 0 Å². The summed E-state index contributed by atoms with van der Waals surface area (Å²) in [7, 11) is 0. The van der Waals surface area contributed by atoms with Crippen LogP contribution >= 0.6 is 11.8 Å². The molecule has 0 spiro atoms. The van der Waals surface area contributed by atoms with Crippen LogP contribution in [0.4, 0.5) is 0 Å². The molecule has 0 atom stereocenters. The fraction of sp³-hybridized carbons (Fsp3) is 0.0500. The van der Waals surface area contributed by atoms with Crippen LogP contribution in [-0.2, 0) is 0 Å². The Morgan fingerprint density at radius 3 is 2.39 bits per heavy atom. The Kier molecular flexibility index (Phi) is 3.64. The maximum Gasteiger partial charge on any atom is 0.138 e. The van der Waals surface area contributed by atoms with Crippen LogP contribution in [0.1, 0.15) is 5.56 Å². The highest BCUT2D eigenvalue weighted by atomic mass is 32.2. The molecule has 0 fully saturated rings. The molecule has 3 aromatic carbocycles. The molecule has 23 heavy (non-hydrogen) atoms. The first kappa shape index (κ1) is 14.1. The number of rotatable bonds is 3. The van der Waals surface area contributed by atoms with Crippen LogP contribution in [0.25, 0.3) is 22.4 Å². The number of aryl methyl sites for hydroxylation is 1. The molecule has 4 rings (SSSR count). The molecule has 0 saturated carbocycles. The van der Waals surface area contributed by atoms with Gasteiger partial charge in [0.15, 0.2) is 0 Å². The van der Waals surface area contributed by atoms with Gasteiger partial charge in [-0.05, 0) is 37.3 Å². The minimum Gasteiger partial charge on any atom is -0.338 e. The second-order valence-corrected chi connectivity index (χ2v) is 6.69. The molecule has 0 unspecified atom stereocenters. The van der Waals surface area contributed by atoms with Crippen molar-refractivity contribution in [3.05, 3.63) is 78.4 Å². The van der Waals surface area contributed by atoms with Crippen molar-refractivity contribution in [1.82, 2.24) is 9.97 Å². The third-order valence-corrected chi connectivity index (χ3v) is 4.75. The SMILES string of the molecule is Cc1ccc(-c2nc3ccc(Sc4ccccc4)cc3[nH]2)cc1. The van der Waals surface area contributed by atoms with E-state index in [9.17, 15) is 0 Å². The van der Waals surface area contributed by atoms with E-state index in [1.807, 2.05) is 6.07 Å². The molecular formula is C20H16N2S. The summed E-state index contributed by atoms with van der Waals surface area (Å²) >= 11 is 1.76. The number of nitrogens with zero attached hydrogens (tertiary/aromatic N) is 1. The van der Waals surface area contributed by atoms with Crippen LogP contribution in [0.3, 0.4) is 0 Å². The number of H-pyrrole nitrogens is 1. The lowest BCUT2D eigenvalue weighted by Gasteiger charge is -2.00. The second kappa shape index (κ2) is 5.94. The standard InChI is InChI=1S/C20H16N2S/c1-14-7-9-15(10-8-14)20-21-18-12-11-17(13-19(18)22-20)23-16-5-3-2-4-6-16/h2-13H,1H3,(H,21,22). The van der Waals surface area contributed by atoms with Crippen molar-refractivity contribution in [3.8, 4) is 11.4 Å². The van der Waals surface area contributed by atoms with Crippen molar-refractivity contribution < 1.29 is 0 Å². The zero-order chi connectivity index (χ0) is 15.6. The third-order valence-electron chi connectivity index (χ3n) is 3.76. The van der Waals surface area contributed by atoms with Crippen LogP contribution in [-0.4, -0.2) is 9.97 Å². The molecule has 0 saturated heterocycles. The lowest BCUT2D eigenvalue weighted by atomic mass is 10.1. The lowest BCUT2D eigenvalue weighted by Crippen LogP contribution is -1.80. The number of imidazole rings is 1. The minimum absolute atomic E-state index is 0.918. The Balaban J connectivity index is 1.68. The van der Waals surface area contributed by atoms with Gasteiger partial charge in [-0.2, -0.15) is 0 Å². The topological polar surface area (TPSA) is 28.7 Å². The maximum absolute atomic E-state index is 4.70. The third kappa shape index (κ3) is 3.01. The largest absolute Gasteiger partial charge is 0.338 e. The van der Waals surface area contributed by atoms with Crippen LogP contribution in [0.2, 0.25) is 0 Å². The monoisotopic (exact) mass is 316 g/mol. The first-order valence-electron chi connectivity index (χ1n) is 7.58. The second-order valence-electron chi connectivity index (χ2n) is 5.55. The van der Waals surface area contributed by atoms with Crippen molar-refractivity contribution in [2.75, 3.05) is 0 Å². The van der Waals surface area contributed by atoms with Gasteiger partial charge in [0.25, 0.3) is 0 Å². The molecule has 0 radical (unpaired) electrons. The van der Waals surface area contributed by atoms with Gasteiger partial charge in [0.05, 0.1) is 11.0 Å². The van der Waals surface area contributed by atoms with Crippen LogP contribution in [0, 0.1) is 6.92 Å². The molecule has 1 aromatic heterocycles. The van der Waals surface area contributed by atoms with Gasteiger partial charge in [0, 0.05) is 15.4 Å². The van der Waals surface area contributed by atoms with E-state index >= 15 is 0 Å². The van der Waals surface area contributed by atoms with Crippen LogP contribution < -0.4 is 0 Å². The van der Waals surface area contributed by atoms with Crippen LogP contribution in [0.5, 0.6) is 0 Å². The van der Waals surface area contributed by atoms with Crippen molar-refractivity contribution in [3.63, 3.8) is 0 Å². The van der Waals surface area contributed by atoms with E-state index in [0.29, 0.717) is 0 Å². The average molecular weight is 316 g/mol. The fourth-order valence-corrected chi connectivity index (χ4v) is 3.40. The lowest BCUT2D eigenvalue weighted by molar-refractivity contribution is 1.33. The van der Waals surface area contributed by atoms with E-state index in [1.54, 1.807) is 11.8 Å². The molecular weight excluding hydrogens is 300 g/mol. The van der Waals surface area contributed by atoms with Gasteiger partial charge in [-0.1, -0.05) is 59.8 Å². The predicted octanol–water partition coefficient (Wildman–Crippen LogP) is 5.69. The first-order valence-corrected chi connectivity index (χ1v) is 8.39. The molecule has 4 aromatic rings. The summed E-state index contributed by atoms with van der Waals surface area (Å²) in [5.74, 6) is 0.918. The number of aromatic nitrogens is 2. The summed E-state index contributed by atoms with van der Waals surface area (Å²) in [4.78, 5) is 10.6. The number of hydrogen-bond donors (Lipinski definition) is 1. The average Bonchev–Trinajstić information content (AvgIpc) is 3.00. The molecule has 1 N–H and O–H groups in total. The van der Waals surface area contributed by atoms with Crippen molar-refractivity contribution >= 4 is 22.8 Å². The van der Waals surface area contributed by atoms with Crippen LogP contribution in [0.15, 0.2) is 82.6 Å². The molecule has 2 nitrogen and oxygen atoms in total. The normalized spacial score (nSPS) is 11.0. The number of fused-ring (bicyclic) bond motifs is 1. The smallest absolute Gasteiger partial charge is 0.138 e. The molecule has 1 heterocycles. The summed E-state index contributed by atoms with van der Waals surface area (Å²) in [5, 5.41) is 0. The first-order chi connectivity index (χ1) is 11.3. The summed E-state index contributed by atoms with van der Waals surface area (Å²) in [6.45, 7) is 2.09. The predicted molar refractivity (Wildman–Crippen MR) is 96.8 cm³/mol. The zero-order valence-electron chi connectivity index (χ0n) is 12.8. The van der Waals surface area contributed by atoms with E-state index in [0.717, 1.165) is 22.4 Å². The number of aromatic amines is 1. The Hall–Kier alpha value is -2.52. The van der Waals surface area contributed by atoms with Gasteiger partial charge in [0.1, 0.15) is 5.82 Å². The highest BCUT2D eigenvalue weighted by Gasteiger charge is 2.06. The molecule has 0 aliphatic heterocycles. The van der Waals surface area contributed by atoms with Crippen molar-refractivity contribution in [2.45, 2.75) is 16.7 Å². The Bertz CT molecular complexity index is 940. The summed E-state index contributed by atoms with van der Waals surface area (Å²) in [6, 6.07) is 25.2. The summed E-state index contributed by atoms with van der Waals surface area (Å²) < 4.78 is 0. The number of nitrogens with one attached hydrogen (secondary N) is 1. The molecule has 0 aliphatic carbocycles. The van der Waals surface area contributed by atoms with Gasteiger partial charge < -0.3 is 4.98 Å². The van der Waals surface area contributed by atoms with E-state index in [-0.39, 0.29) is 0 Å². The highest BCUT2D eigenvalue weighted by Crippen LogP contribution is 2.30. The van der Waals surface area contributed by atoms with E-state index in [2.05, 4.69) is 78.6 Å². The maximum atomic E-state index is 4.70. The van der Waals surface area contributed by atoms with Gasteiger partial charge in [-0.25, -0.2) is 4.98 Å².